The van der Waals surface area contributed by atoms with Gasteiger partial charge in [-0.05, 0) is 71.8 Å². The first kappa shape index (κ1) is 18.6. The van der Waals surface area contributed by atoms with Crippen LogP contribution in [0, 0.1) is 0 Å². The van der Waals surface area contributed by atoms with E-state index in [2.05, 4.69) is 30.9 Å². The molecule has 1 saturated carbocycles. The molecule has 1 heterocycles. The van der Waals surface area contributed by atoms with E-state index in [0.29, 0.717) is 17.3 Å². The molecule has 2 aromatic carbocycles. The number of ether oxygens (including phenoxy) is 1. The Morgan fingerprint density at radius 3 is 2.41 bits per heavy atom. The van der Waals surface area contributed by atoms with Crippen molar-refractivity contribution in [2.75, 3.05) is 24.3 Å². The average molecular weight is 392 g/mol. The highest BCUT2D eigenvalue weighted by atomic mass is 16.5. The number of rotatable bonds is 7. The standard InChI is InChI=1S/C20H20N6O3/c1-29-20(28)14-4-8-16(9-5-14)22-18(27)12-21-15-6-2-13(3-7-15)19-23-24-25-26(19)17-10-11-17/h2-9,17,21H,10-12H2,1H3,(H,22,27). The van der Waals surface area contributed by atoms with Crippen molar-refractivity contribution in [2.45, 2.75) is 18.9 Å². The van der Waals surface area contributed by atoms with Gasteiger partial charge in [-0.3, -0.25) is 4.79 Å². The second-order valence-corrected chi connectivity index (χ2v) is 6.73. The molecule has 148 valence electrons. The molecule has 1 fully saturated rings. The normalized spacial score (nSPS) is 13.0. The lowest BCUT2D eigenvalue weighted by atomic mass is 10.2. The van der Waals surface area contributed by atoms with E-state index in [0.717, 1.165) is 29.9 Å². The van der Waals surface area contributed by atoms with Crippen molar-refractivity contribution in [3.63, 3.8) is 0 Å². The van der Waals surface area contributed by atoms with Crippen LogP contribution in [0.1, 0.15) is 29.2 Å². The number of carbonyl (C=O) groups is 2. The Bertz CT molecular complexity index is 1010. The highest BCUT2D eigenvalue weighted by Gasteiger charge is 2.28. The predicted octanol–water partition coefficient (Wildman–Crippen LogP) is 2.51. The summed E-state index contributed by atoms with van der Waals surface area (Å²) >= 11 is 0. The molecule has 1 aliphatic rings. The van der Waals surface area contributed by atoms with E-state index in [1.165, 1.54) is 7.11 Å². The Kier molecular flexibility index (Phi) is 5.19. The third kappa shape index (κ3) is 4.40. The molecule has 1 aromatic heterocycles. The van der Waals surface area contributed by atoms with Gasteiger partial charge in [-0.1, -0.05) is 0 Å². The molecule has 1 amide bonds. The number of anilines is 2. The van der Waals surface area contributed by atoms with Crippen LogP contribution in [0.2, 0.25) is 0 Å². The van der Waals surface area contributed by atoms with E-state index in [1.54, 1.807) is 24.3 Å². The van der Waals surface area contributed by atoms with Gasteiger partial charge in [0.15, 0.2) is 5.82 Å². The fourth-order valence-electron chi connectivity index (χ4n) is 2.88. The molecule has 4 rings (SSSR count). The van der Waals surface area contributed by atoms with Gasteiger partial charge in [-0.25, -0.2) is 9.48 Å². The van der Waals surface area contributed by atoms with Crippen molar-refractivity contribution in [3.8, 4) is 11.4 Å². The molecule has 29 heavy (non-hydrogen) atoms. The molecular weight excluding hydrogens is 372 g/mol. The number of amides is 1. The van der Waals surface area contributed by atoms with Crippen molar-refractivity contribution in [1.29, 1.82) is 0 Å². The minimum Gasteiger partial charge on any atom is -0.465 e. The molecule has 9 nitrogen and oxygen atoms in total. The van der Waals surface area contributed by atoms with Gasteiger partial charge in [0.2, 0.25) is 5.91 Å². The Morgan fingerprint density at radius 2 is 1.76 bits per heavy atom. The lowest BCUT2D eigenvalue weighted by Gasteiger charge is -2.09. The molecule has 0 unspecified atom stereocenters. The summed E-state index contributed by atoms with van der Waals surface area (Å²) in [6.45, 7) is 0.109. The van der Waals surface area contributed by atoms with Gasteiger partial charge < -0.3 is 15.4 Å². The molecule has 0 saturated heterocycles. The first-order valence-corrected chi connectivity index (χ1v) is 9.24. The number of aromatic nitrogens is 4. The molecule has 0 aliphatic heterocycles. The maximum absolute atomic E-state index is 12.1. The van der Waals surface area contributed by atoms with Crippen LogP contribution in [0.4, 0.5) is 11.4 Å². The predicted molar refractivity (Wildman–Crippen MR) is 106 cm³/mol. The summed E-state index contributed by atoms with van der Waals surface area (Å²) in [5.41, 5.74) is 2.78. The minimum atomic E-state index is -0.417. The zero-order chi connectivity index (χ0) is 20.2. The van der Waals surface area contributed by atoms with E-state index in [1.807, 2.05) is 28.9 Å². The molecule has 2 N–H and O–H groups in total. The lowest BCUT2D eigenvalue weighted by Crippen LogP contribution is -2.21. The summed E-state index contributed by atoms with van der Waals surface area (Å²) in [4.78, 5) is 23.6. The van der Waals surface area contributed by atoms with Crippen LogP contribution < -0.4 is 10.6 Å². The highest BCUT2D eigenvalue weighted by molar-refractivity contribution is 5.95. The third-order valence-corrected chi connectivity index (χ3v) is 4.57. The Balaban J connectivity index is 1.31. The third-order valence-electron chi connectivity index (χ3n) is 4.57. The number of tetrazole rings is 1. The SMILES string of the molecule is COC(=O)c1ccc(NC(=O)CNc2ccc(-c3nnnn3C3CC3)cc2)cc1. The topological polar surface area (TPSA) is 111 Å². The van der Waals surface area contributed by atoms with E-state index >= 15 is 0 Å². The molecule has 0 bridgehead atoms. The highest BCUT2D eigenvalue weighted by Crippen LogP contribution is 2.36. The molecule has 0 spiro atoms. The number of hydrogen-bond donors (Lipinski definition) is 2. The van der Waals surface area contributed by atoms with Gasteiger partial charge in [-0.15, -0.1) is 5.10 Å². The van der Waals surface area contributed by atoms with Crippen LogP contribution >= 0.6 is 0 Å². The molecule has 9 heteroatoms. The van der Waals surface area contributed by atoms with E-state index in [-0.39, 0.29) is 12.5 Å². The van der Waals surface area contributed by atoms with E-state index in [9.17, 15) is 9.59 Å². The van der Waals surface area contributed by atoms with Crippen molar-refractivity contribution < 1.29 is 14.3 Å². The molecule has 0 atom stereocenters. The summed E-state index contributed by atoms with van der Waals surface area (Å²) in [6, 6.07) is 14.5. The van der Waals surface area contributed by atoms with Crippen LogP contribution in [0.5, 0.6) is 0 Å². The van der Waals surface area contributed by atoms with Gasteiger partial charge in [0.1, 0.15) is 0 Å². The zero-order valence-electron chi connectivity index (χ0n) is 15.8. The minimum absolute atomic E-state index is 0.109. The quantitative estimate of drug-likeness (QED) is 0.594. The second kappa shape index (κ2) is 8.09. The summed E-state index contributed by atoms with van der Waals surface area (Å²) in [7, 11) is 1.32. The number of benzene rings is 2. The van der Waals surface area contributed by atoms with Crippen molar-refractivity contribution in [1.82, 2.24) is 20.2 Å². The molecule has 3 aromatic rings. The Labute approximate surface area is 167 Å². The average Bonchev–Trinajstić information content (AvgIpc) is 3.49. The fourth-order valence-corrected chi connectivity index (χ4v) is 2.88. The molecule has 0 radical (unpaired) electrons. The van der Waals surface area contributed by atoms with Gasteiger partial charge in [0.05, 0.1) is 25.3 Å². The first-order valence-electron chi connectivity index (χ1n) is 9.24. The lowest BCUT2D eigenvalue weighted by molar-refractivity contribution is -0.114. The summed E-state index contributed by atoms with van der Waals surface area (Å²) in [5.74, 6) is 0.143. The van der Waals surface area contributed by atoms with Gasteiger partial charge >= 0.3 is 5.97 Å². The summed E-state index contributed by atoms with van der Waals surface area (Å²) in [5, 5.41) is 17.8. The van der Waals surface area contributed by atoms with Gasteiger partial charge in [0, 0.05) is 16.9 Å². The van der Waals surface area contributed by atoms with E-state index in [4.69, 9.17) is 0 Å². The van der Waals surface area contributed by atoms with Crippen LogP contribution in [0.15, 0.2) is 48.5 Å². The van der Waals surface area contributed by atoms with E-state index < -0.39 is 5.97 Å². The number of esters is 1. The monoisotopic (exact) mass is 392 g/mol. The number of methoxy groups -OCH3 is 1. The maximum Gasteiger partial charge on any atom is 0.337 e. The maximum atomic E-state index is 12.1. The largest absolute Gasteiger partial charge is 0.465 e. The van der Waals surface area contributed by atoms with Crippen molar-refractivity contribution in [2.24, 2.45) is 0 Å². The zero-order valence-corrected chi connectivity index (χ0v) is 15.8. The van der Waals surface area contributed by atoms with Crippen LogP contribution in [-0.4, -0.2) is 45.7 Å². The smallest absolute Gasteiger partial charge is 0.337 e. The Morgan fingerprint density at radius 1 is 1.07 bits per heavy atom. The fraction of sp³-hybridized carbons (Fsp3) is 0.250. The number of nitrogens with zero attached hydrogens (tertiary/aromatic N) is 4. The Hall–Kier alpha value is -3.75. The number of hydrogen-bond acceptors (Lipinski definition) is 7. The van der Waals surface area contributed by atoms with Gasteiger partial charge in [-0.2, -0.15) is 0 Å². The number of nitrogens with one attached hydrogen (secondary N) is 2. The second-order valence-electron chi connectivity index (χ2n) is 6.73. The molecular formula is C20H20N6O3. The first-order chi connectivity index (χ1) is 14.1. The summed E-state index contributed by atoms with van der Waals surface area (Å²) < 4.78 is 6.51. The molecule has 1 aliphatic carbocycles. The summed E-state index contributed by atoms with van der Waals surface area (Å²) in [6.07, 6.45) is 2.22. The van der Waals surface area contributed by atoms with Crippen molar-refractivity contribution in [3.05, 3.63) is 54.1 Å². The van der Waals surface area contributed by atoms with Crippen LogP contribution in [0.3, 0.4) is 0 Å². The van der Waals surface area contributed by atoms with Crippen LogP contribution in [-0.2, 0) is 9.53 Å². The number of carbonyl (C=O) groups excluding carboxylic acids is 2. The van der Waals surface area contributed by atoms with Crippen LogP contribution in [0.25, 0.3) is 11.4 Å². The van der Waals surface area contributed by atoms with Crippen molar-refractivity contribution >= 4 is 23.3 Å². The van der Waals surface area contributed by atoms with Gasteiger partial charge in [0.25, 0.3) is 0 Å².